The van der Waals surface area contributed by atoms with E-state index in [4.69, 9.17) is 0 Å². The summed E-state index contributed by atoms with van der Waals surface area (Å²) in [4.78, 5) is 0. The Balaban J connectivity index is 2.18. The minimum Gasteiger partial charge on any atom is -0.309 e. The molecular weight excluding hydrogens is 261 g/mol. The minimum absolute atomic E-state index is 0.0227. The van der Waals surface area contributed by atoms with Gasteiger partial charge in [-0.2, -0.15) is 0 Å². The van der Waals surface area contributed by atoms with Crippen LogP contribution >= 0.6 is 0 Å². The van der Waals surface area contributed by atoms with Gasteiger partial charge in [-0.1, -0.05) is 48.5 Å². The van der Waals surface area contributed by atoms with Crippen molar-refractivity contribution in [3.8, 4) is 0 Å². The summed E-state index contributed by atoms with van der Waals surface area (Å²) in [6.07, 6.45) is 0. The molecule has 1 nitrogen and oxygen atoms in total. The molecule has 0 spiro atoms. The quantitative estimate of drug-likeness (QED) is 0.739. The predicted octanol–water partition coefficient (Wildman–Crippen LogP) is 4.60. The van der Waals surface area contributed by atoms with Crippen LogP contribution in [0.1, 0.15) is 22.7 Å². The number of hydrogen-bond acceptors (Lipinski definition) is 1. The number of benzene rings is 3. The first-order valence-corrected chi connectivity index (χ1v) is 7.11. The highest BCUT2D eigenvalue weighted by Crippen LogP contribution is 2.29. The van der Waals surface area contributed by atoms with Crippen molar-refractivity contribution in [2.24, 2.45) is 0 Å². The number of nitrogens with one attached hydrogen (secondary N) is 1. The third kappa shape index (κ3) is 2.67. The van der Waals surface area contributed by atoms with Crippen LogP contribution in [0.15, 0.2) is 60.7 Å². The van der Waals surface area contributed by atoms with Crippen molar-refractivity contribution >= 4 is 10.8 Å². The highest BCUT2D eigenvalue weighted by Gasteiger charge is 2.15. The van der Waals surface area contributed by atoms with Crippen LogP contribution in [0.5, 0.6) is 0 Å². The molecule has 106 valence electrons. The maximum absolute atomic E-state index is 13.7. The van der Waals surface area contributed by atoms with Crippen molar-refractivity contribution in [1.82, 2.24) is 5.32 Å². The van der Waals surface area contributed by atoms with E-state index in [2.05, 4.69) is 29.6 Å². The van der Waals surface area contributed by atoms with E-state index in [9.17, 15) is 4.39 Å². The van der Waals surface area contributed by atoms with Gasteiger partial charge in [-0.15, -0.1) is 0 Å². The molecule has 0 aliphatic rings. The molecule has 3 rings (SSSR count). The SMILES string of the molecule is CNC(c1cc(C)cc(F)c1)c1cccc2ccccc12. The lowest BCUT2D eigenvalue weighted by molar-refractivity contribution is 0.616. The summed E-state index contributed by atoms with van der Waals surface area (Å²) in [6, 6.07) is 19.7. The Labute approximate surface area is 124 Å². The summed E-state index contributed by atoms with van der Waals surface area (Å²) < 4.78 is 13.7. The maximum atomic E-state index is 13.7. The molecule has 1 atom stereocenters. The first-order chi connectivity index (χ1) is 10.2. The van der Waals surface area contributed by atoms with Gasteiger partial charge in [0.1, 0.15) is 5.82 Å². The van der Waals surface area contributed by atoms with Crippen molar-refractivity contribution in [2.45, 2.75) is 13.0 Å². The number of fused-ring (bicyclic) bond motifs is 1. The van der Waals surface area contributed by atoms with E-state index >= 15 is 0 Å². The largest absolute Gasteiger partial charge is 0.309 e. The first kappa shape index (κ1) is 13.8. The second-order valence-electron chi connectivity index (χ2n) is 5.35. The summed E-state index contributed by atoms with van der Waals surface area (Å²) in [5.41, 5.74) is 3.05. The average molecular weight is 279 g/mol. The Bertz CT molecular complexity index is 754. The van der Waals surface area contributed by atoms with Gasteiger partial charge in [-0.3, -0.25) is 0 Å². The zero-order valence-corrected chi connectivity index (χ0v) is 12.2. The normalized spacial score (nSPS) is 12.5. The minimum atomic E-state index is -0.189. The van der Waals surface area contributed by atoms with Crippen molar-refractivity contribution in [3.63, 3.8) is 0 Å². The van der Waals surface area contributed by atoms with E-state index in [-0.39, 0.29) is 11.9 Å². The van der Waals surface area contributed by atoms with Crippen molar-refractivity contribution < 1.29 is 4.39 Å². The Hall–Kier alpha value is -2.19. The lowest BCUT2D eigenvalue weighted by atomic mass is 9.93. The van der Waals surface area contributed by atoms with Crippen molar-refractivity contribution in [3.05, 3.63) is 83.2 Å². The van der Waals surface area contributed by atoms with Gasteiger partial charge in [0.15, 0.2) is 0 Å². The van der Waals surface area contributed by atoms with E-state index in [0.717, 1.165) is 11.1 Å². The van der Waals surface area contributed by atoms with Crippen LogP contribution in [0.4, 0.5) is 4.39 Å². The predicted molar refractivity (Wildman–Crippen MR) is 86.0 cm³/mol. The molecular formula is C19H18FN. The summed E-state index contributed by atoms with van der Waals surface area (Å²) in [7, 11) is 1.91. The Kier molecular flexibility index (Phi) is 3.72. The number of hydrogen-bond donors (Lipinski definition) is 1. The molecule has 0 bridgehead atoms. The first-order valence-electron chi connectivity index (χ1n) is 7.11. The van der Waals surface area contributed by atoms with E-state index in [0.29, 0.717) is 0 Å². The van der Waals surface area contributed by atoms with Gasteiger partial charge in [0.2, 0.25) is 0 Å². The highest BCUT2D eigenvalue weighted by atomic mass is 19.1. The second kappa shape index (κ2) is 5.66. The molecule has 0 fully saturated rings. The number of halogens is 1. The molecule has 3 aromatic rings. The molecule has 0 saturated heterocycles. The van der Waals surface area contributed by atoms with Gasteiger partial charge >= 0.3 is 0 Å². The van der Waals surface area contributed by atoms with Gasteiger partial charge in [0, 0.05) is 0 Å². The Morgan fingerprint density at radius 1 is 0.952 bits per heavy atom. The molecule has 0 amide bonds. The molecule has 21 heavy (non-hydrogen) atoms. The molecule has 1 unspecified atom stereocenters. The summed E-state index contributed by atoms with van der Waals surface area (Å²) in [5.74, 6) is -0.189. The molecule has 2 heteroatoms. The fourth-order valence-corrected chi connectivity index (χ4v) is 2.94. The monoisotopic (exact) mass is 279 g/mol. The summed E-state index contributed by atoms with van der Waals surface area (Å²) in [5, 5.41) is 5.71. The van der Waals surface area contributed by atoms with Gasteiger partial charge in [-0.25, -0.2) is 4.39 Å². The molecule has 0 radical (unpaired) electrons. The van der Waals surface area contributed by atoms with Crippen LogP contribution in [0, 0.1) is 12.7 Å². The fourth-order valence-electron chi connectivity index (χ4n) is 2.94. The van der Waals surface area contributed by atoms with Crippen molar-refractivity contribution in [1.29, 1.82) is 0 Å². The van der Waals surface area contributed by atoms with E-state index in [1.807, 2.05) is 38.2 Å². The van der Waals surface area contributed by atoms with Crippen LogP contribution in [-0.2, 0) is 0 Å². The number of rotatable bonds is 3. The molecule has 1 N–H and O–H groups in total. The van der Waals surface area contributed by atoms with E-state index in [1.54, 1.807) is 12.1 Å². The highest BCUT2D eigenvalue weighted by molar-refractivity contribution is 5.86. The summed E-state index contributed by atoms with van der Waals surface area (Å²) in [6.45, 7) is 1.92. The molecule has 0 aliphatic carbocycles. The second-order valence-corrected chi connectivity index (χ2v) is 5.35. The molecule has 0 saturated carbocycles. The smallest absolute Gasteiger partial charge is 0.123 e. The molecule has 0 aromatic heterocycles. The van der Waals surface area contributed by atoms with Crippen LogP contribution in [0.25, 0.3) is 10.8 Å². The van der Waals surface area contributed by atoms with E-state index < -0.39 is 0 Å². The lowest BCUT2D eigenvalue weighted by Crippen LogP contribution is -2.18. The standard InChI is InChI=1S/C19H18FN/c1-13-10-15(12-16(20)11-13)19(21-2)18-9-5-7-14-6-3-4-8-17(14)18/h3-12,19,21H,1-2H3. The summed E-state index contributed by atoms with van der Waals surface area (Å²) >= 11 is 0. The Morgan fingerprint density at radius 2 is 1.71 bits per heavy atom. The van der Waals surface area contributed by atoms with Gasteiger partial charge in [0.25, 0.3) is 0 Å². The third-order valence-corrected chi connectivity index (χ3v) is 3.82. The van der Waals surface area contributed by atoms with Gasteiger partial charge < -0.3 is 5.32 Å². The van der Waals surface area contributed by atoms with Crippen LogP contribution in [-0.4, -0.2) is 7.05 Å². The van der Waals surface area contributed by atoms with E-state index in [1.165, 1.54) is 16.3 Å². The zero-order valence-electron chi connectivity index (χ0n) is 12.2. The van der Waals surface area contributed by atoms with Gasteiger partial charge in [0.05, 0.1) is 6.04 Å². The lowest BCUT2D eigenvalue weighted by Gasteiger charge is -2.20. The average Bonchev–Trinajstić information content (AvgIpc) is 2.47. The van der Waals surface area contributed by atoms with Crippen molar-refractivity contribution in [2.75, 3.05) is 7.05 Å². The number of aryl methyl sites for hydroxylation is 1. The van der Waals surface area contributed by atoms with Crippen LogP contribution < -0.4 is 5.32 Å². The van der Waals surface area contributed by atoms with Gasteiger partial charge in [-0.05, 0) is 53.6 Å². The Morgan fingerprint density at radius 3 is 2.48 bits per heavy atom. The fraction of sp³-hybridized carbons (Fsp3) is 0.158. The topological polar surface area (TPSA) is 12.0 Å². The molecule has 3 aromatic carbocycles. The maximum Gasteiger partial charge on any atom is 0.123 e. The van der Waals surface area contributed by atoms with Crippen LogP contribution in [0.2, 0.25) is 0 Å². The zero-order chi connectivity index (χ0) is 14.8. The van der Waals surface area contributed by atoms with Crippen LogP contribution in [0.3, 0.4) is 0 Å². The molecule has 0 aliphatic heterocycles. The molecule has 0 heterocycles. The third-order valence-electron chi connectivity index (χ3n) is 3.82.